The van der Waals surface area contributed by atoms with E-state index in [9.17, 15) is 10.2 Å². The van der Waals surface area contributed by atoms with Crippen LogP contribution in [0.1, 0.15) is 36.6 Å². The van der Waals surface area contributed by atoms with E-state index in [0.717, 1.165) is 40.4 Å². The number of hydrogen-bond donors (Lipinski definition) is 4. The van der Waals surface area contributed by atoms with Crippen LogP contribution < -0.4 is 24.8 Å². The monoisotopic (exact) mass is 464 g/mol. The summed E-state index contributed by atoms with van der Waals surface area (Å²) in [5, 5.41) is 27.8. The SMILES string of the molecule is COc1ccc(CNc2cc(C(O)CNC(C)(C)Cc3ccc4c(c3)OCO4)ccc2O)cc1. The van der Waals surface area contributed by atoms with E-state index in [1.54, 1.807) is 25.3 Å². The molecule has 34 heavy (non-hydrogen) atoms. The van der Waals surface area contributed by atoms with Crippen LogP contribution in [0.25, 0.3) is 0 Å². The molecule has 0 spiro atoms. The maximum absolute atomic E-state index is 10.8. The Labute approximate surface area is 200 Å². The van der Waals surface area contributed by atoms with Gasteiger partial charge in [-0.3, -0.25) is 0 Å². The first-order valence-corrected chi connectivity index (χ1v) is 11.3. The molecule has 0 bridgehead atoms. The van der Waals surface area contributed by atoms with E-state index >= 15 is 0 Å². The number of nitrogens with one attached hydrogen (secondary N) is 2. The van der Waals surface area contributed by atoms with Crippen molar-refractivity contribution in [3.05, 3.63) is 77.4 Å². The van der Waals surface area contributed by atoms with Crippen molar-refractivity contribution in [2.24, 2.45) is 0 Å². The summed E-state index contributed by atoms with van der Waals surface area (Å²) in [6.45, 7) is 5.38. The van der Waals surface area contributed by atoms with Gasteiger partial charge in [-0.05, 0) is 73.4 Å². The Morgan fingerprint density at radius 2 is 1.71 bits per heavy atom. The molecule has 1 heterocycles. The molecule has 3 aromatic rings. The van der Waals surface area contributed by atoms with E-state index in [0.29, 0.717) is 18.8 Å². The normalized spacial score (nSPS) is 13.5. The fourth-order valence-corrected chi connectivity index (χ4v) is 3.96. The van der Waals surface area contributed by atoms with Crippen molar-refractivity contribution in [1.82, 2.24) is 5.32 Å². The second kappa shape index (κ2) is 10.2. The average Bonchev–Trinajstić information content (AvgIpc) is 3.30. The zero-order valence-electron chi connectivity index (χ0n) is 19.8. The number of hydrogen-bond acceptors (Lipinski definition) is 7. The first kappa shape index (κ1) is 23.7. The summed E-state index contributed by atoms with van der Waals surface area (Å²) >= 11 is 0. The topological polar surface area (TPSA) is 92.2 Å². The molecule has 0 radical (unpaired) electrons. The number of benzene rings is 3. The van der Waals surface area contributed by atoms with Crippen LogP contribution in [0.2, 0.25) is 0 Å². The number of aliphatic hydroxyl groups excluding tert-OH is 1. The molecule has 4 N–H and O–H groups in total. The van der Waals surface area contributed by atoms with Crippen LogP contribution in [0.5, 0.6) is 23.0 Å². The van der Waals surface area contributed by atoms with Gasteiger partial charge in [0.2, 0.25) is 6.79 Å². The Kier molecular flexibility index (Phi) is 7.14. The van der Waals surface area contributed by atoms with Gasteiger partial charge >= 0.3 is 0 Å². The Bertz CT molecular complexity index is 1110. The molecular formula is C27H32N2O5. The molecule has 0 fully saturated rings. The molecule has 7 nitrogen and oxygen atoms in total. The lowest BCUT2D eigenvalue weighted by Gasteiger charge is -2.28. The molecule has 0 aromatic heterocycles. The smallest absolute Gasteiger partial charge is 0.231 e. The maximum Gasteiger partial charge on any atom is 0.231 e. The molecule has 0 saturated carbocycles. The van der Waals surface area contributed by atoms with Crippen molar-refractivity contribution >= 4 is 5.69 Å². The van der Waals surface area contributed by atoms with Crippen molar-refractivity contribution in [3.8, 4) is 23.0 Å². The van der Waals surface area contributed by atoms with E-state index in [1.165, 1.54) is 0 Å². The minimum atomic E-state index is -0.724. The third-order valence-electron chi connectivity index (χ3n) is 5.90. The van der Waals surface area contributed by atoms with Crippen LogP contribution in [-0.2, 0) is 13.0 Å². The Morgan fingerprint density at radius 1 is 0.971 bits per heavy atom. The highest BCUT2D eigenvalue weighted by Gasteiger charge is 2.22. The predicted molar refractivity (Wildman–Crippen MR) is 132 cm³/mol. The lowest BCUT2D eigenvalue weighted by atomic mass is 9.94. The molecule has 180 valence electrons. The highest BCUT2D eigenvalue weighted by atomic mass is 16.7. The molecular weight excluding hydrogens is 432 g/mol. The standard InChI is InChI=1S/C27H32N2O5/c1-27(2,14-19-6-11-25-26(12-19)34-17-33-25)29-16-24(31)20-7-10-23(30)22(13-20)28-15-18-4-8-21(32-3)9-5-18/h4-13,24,28-31H,14-17H2,1-3H3. The molecule has 0 amide bonds. The number of rotatable bonds is 10. The second-order valence-electron chi connectivity index (χ2n) is 9.12. The summed E-state index contributed by atoms with van der Waals surface area (Å²) in [6, 6.07) is 18.8. The van der Waals surface area contributed by atoms with Crippen molar-refractivity contribution < 1.29 is 24.4 Å². The first-order chi connectivity index (χ1) is 16.3. The molecule has 1 unspecified atom stereocenters. The minimum Gasteiger partial charge on any atom is -0.506 e. The van der Waals surface area contributed by atoms with Gasteiger partial charge in [0.25, 0.3) is 0 Å². The number of β-amino-alcohol motifs (C(OH)–C–C–N with tert-alkyl or cyclic N) is 1. The fourth-order valence-electron chi connectivity index (χ4n) is 3.96. The van der Waals surface area contributed by atoms with Crippen LogP contribution in [-0.4, -0.2) is 36.2 Å². The van der Waals surface area contributed by atoms with Gasteiger partial charge < -0.3 is 35.1 Å². The number of fused-ring (bicyclic) bond motifs is 1. The number of phenolic OH excluding ortho intramolecular Hbond substituents is 1. The van der Waals surface area contributed by atoms with Gasteiger partial charge in [-0.2, -0.15) is 0 Å². The molecule has 4 rings (SSSR count). The number of methoxy groups -OCH3 is 1. The molecule has 3 aromatic carbocycles. The van der Waals surface area contributed by atoms with Gasteiger partial charge in [0.1, 0.15) is 11.5 Å². The van der Waals surface area contributed by atoms with Crippen molar-refractivity contribution in [1.29, 1.82) is 0 Å². The fraction of sp³-hybridized carbons (Fsp3) is 0.333. The highest BCUT2D eigenvalue weighted by Crippen LogP contribution is 2.33. The van der Waals surface area contributed by atoms with Gasteiger partial charge in [0.15, 0.2) is 11.5 Å². The van der Waals surface area contributed by atoms with Gasteiger partial charge in [-0.25, -0.2) is 0 Å². The van der Waals surface area contributed by atoms with Gasteiger partial charge in [-0.1, -0.05) is 24.3 Å². The molecule has 1 aliphatic heterocycles. The predicted octanol–water partition coefficient (Wildman–Crippen LogP) is 4.39. The van der Waals surface area contributed by atoms with E-state index < -0.39 is 6.10 Å². The molecule has 7 heteroatoms. The Hall–Kier alpha value is -3.42. The Morgan fingerprint density at radius 3 is 2.47 bits per heavy atom. The van der Waals surface area contributed by atoms with Gasteiger partial charge in [0.05, 0.1) is 18.9 Å². The molecule has 0 aliphatic carbocycles. The minimum absolute atomic E-state index is 0.139. The zero-order valence-corrected chi connectivity index (χ0v) is 19.8. The van der Waals surface area contributed by atoms with Gasteiger partial charge in [-0.15, -0.1) is 0 Å². The van der Waals surface area contributed by atoms with Crippen molar-refractivity contribution in [3.63, 3.8) is 0 Å². The number of phenols is 1. The lowest BCUT2D eigenvalue weighted by Crippen LogP contribution is -2.43. The maximum atomic E-state index is 10.8. The van der Waals surface area contributed by atoms with Crippen LogP contribution in [0.4, 0.5) is 5.69 Å². The molecule has 1 aliphatic rings. The number of anilines is 1. The number of aliphatic hydroxyl groups is 1. The highest BCUT2D eigenvalue weighted by molar-refractivity contribution is 5.58. The van der Waals surface area contributed by atoms with Crippen molar-refractivity contribution in [2.45, 2.75) is 38.5 Å². The van der Waals surface area contributed by atoms with Crippen LogP contribution in [0.15, 0.2) is 60.7 Å². The van der Waals surface area contributed by atoms with E-state index in [2.05, 4.69) is 24.5 Å². The summed E-state index contributed by atoms with van der Waals surface area (Å²) in [5.74, 6) is 2.48. The largest absolute Gasteiger partial charge is 0.506 e. The van der Waals surface area contributed by atoms with E-state index in [1.807, 2.05) is 42.5 Å². The summed E-state index contributed by atoms with van der Waals surface area (Å²) in [7, 11) is 1.63. The summed E-state index contributed by atoms with van der Waals surface area (Å²) in [5.41, 5.74) is 3.23. The Balaban J connectivity index is 1.34. The quantitative estimate of drug-likeness (QED) is 0.331. The van der Waals surface area contributed by atoms with E-state index in [-0.39, 0.29) is 18.1 Å². The summed E-state index contributed by atoms with van der Waals surface area (Å²) < 4.78 is 16.0. The van der Waals surface area contributed by atoms with Crippen LogP contribution in [0.3, 0.4) is 0 Å². The third kappa shape index (κ3) is 5.92. The third-order valence-corrected chi connectivity index (χ3v) is 5.90. The van der Waals surface area contributed by atoms with Crippen molar-refractivity contribution in [2.75, 3.05) is 25.8 Å². The zero-order chi connectivity index (χ0) is 24.1. The summed E-state index contributed by atoms with van der Waals surface area (Å²) in [4.78, 5) is 0. The first-order valence-electron chi connectivity index (χ1n) is 11.3. The van der Waals surface area contributed by atoms with E-state index in [4.69, 9.17) is 14.2 Å². The van der Waals surface area contributed by atoms with Crippen LogP contribution in [0, 0.1) is 0 Å². The molecule has 0 saturated heterocycles. The summed E-state index contributed by atoms with van der Waals surface area (Å²) in [6.07, 6.45) is 0.0406. The lowest BCUT2D eigenvalue weighted by molar-refractivity contribution is 0.160. The molecule has 1 atom stereocenters. The number of aromatic hydroxyl groups is 1. The second-order valence-corrected chi connectivity index (χ2v) is 9.12. The van der Waals surface area contributed by atoms with Crippen LogP contribution >= 0.6 is 0 Å². The average molecular weight is 465 g/mol. The number of ether oxygens (including phenoxy) is 3. The van der Waals surface area contributed by atoms with Gasteiger partial charge in [0, 0.05) is 18.6 Å².